The largest absolute Gasteiger partial charge is 0.486 e. The van der Waals surface area contributed by atoms with Gasteiger partial charge >= 0.3 is 0 Å². The number of aromatic nitrogens is 1. The van der Waals surface area contributed by atoms with E-state index in [1.807, 2.05) is 24.3 Å². The van der Waals surface area contributed by atoms with E-state index in [9.17, 15) is 4.79 Å². The molecule has 1 aromatic heterocycles. The molecule has 2 aromatic rings. The lowest BCUT2D eigenvalue weighted by Crippen LogP contribution is -2.41. The lowest BCUT2D eigenvalue weighted by atomic mass is 10.2. The van der Waals surface area contributed by atoms with Crippen LogP contribution in [0.25, 0.3) is 0 Å². The Morgan fingerprint density at radius 3 is 2.86 bits per heavy atom. The van der Waals surface area contributed by atoms with E-state index in [0.29, 0.717) is 30.3 Å². The fraction of sp³-hybridized carbons (Fsp3) is 0.250. The van der Waals surface area contributed by atoms with Crippen molar-refractivity contribution >= 4 is 11.6 Å². The molecule has 22 heavy (non-hydrogen) atoms. The molecular formula is C16H17N3O3. The maximum absolute atomic E-state index is 11.9. The van der Waals surface area contributed by atoms with Gasteiger partial charge in [0.25, 0.3) is 0 Å². The van der Waals surface area contributed by atoms with Crippen LogP contribution >= 0.6 is 0 Å². The van der Waals surface area contributed by atoms with Gasteiger partial charge in [-0.15, -0.1) is 0 Å². The van der Waals surface area contributed by atoms with E-state index in [2.05, 4.69) is 10.3 Å². The molecule has 3 rings (SSSR count). The highest BCUT2D eigenvalue weighted by Crippen LogP contribution is 2.30. The van der Waals surface area contributed by atoms with Crippen LogP contribution in [0.15, 0.2) is 42.6 Å². The van der Waals surface area contributed by atoms with Crippen LogP contribution in [0.4, 0.5) is 5.69 Å². The summed E-state index contributed by atoms with van der Waals surface area (Å²) in [5.74, 6) is 1.32. The number of carbonyl (C=O) groups excluding carboxylic acids is 1. The first-order valence-corrected chi connectivity index (χ1v) is 7.06. The Hall–Kier alpha value is -2.76. The number of nitrogens with two attached hydrogens (primary N) is 1. The molecule has 0 spiro atoms. The van der Waals surface area contributed by atoms with Crippen molar-refractivity contribution in [1.82, 2.24) is 10.3 Å². The van der Waals surface area contributed by atoms with Crippen LogP contribution < -0.4 is 20.5 Å². The van der Waals surface area contributed by atoms with Crippen LogP contribution in [-0.2, 0) is 11.2 Å². The van der Waals surface area contributed by atoms with E-state index in [-0.39, 0.29) is 18.4 Å². The molecule has 1 aliphatic heterocycles. The Bertz CT molecular complexity index is 658. The van der Waals surface area contributed by atoms with Crippen molar-refractivity contribution in [1.29, 1.82) is 0 Å². The fourth-order valence-electron chi connectivity index (χ4n) is 2.16. The molecule has 1 aliphatic rings. The predicted octanol–water partition coefficient (Wildman–Crippen LogP) is 1.16. The van der Waals surface area contributed by atoms with Crippen LogP contribution in [0.1, 0.15) is 5.69 Å². The summed E-state index contributed by atoms with van der Waals surface area (Å²) in [6.45, 7) is 0.805. The number of nitrogens with zero attached hydrogens (tertiary/aromatic N) is 1. The summed E-state index contributed by atoms with van der Waals surface area (Å²) in [6, 6.07) is 11.0. The van der Waals surface area contributed by atoms with E-state index in [1.54, 1.807) is 12.1 Å². The van der Waals surface area contributed by atoms with Gasteiger partial charge in [-0.1, -0.05) is 12.1 Å². The average molecular weight is 299 g/mol. The normalized spacial score (nSPS) is 16.1. The van der Waals surface area contributed by atoms with Crippen molar-refractivity contribution in [3.63, 3.8) is 0 Å². The minimum atomic E-state index is -0.196. The van der Waals surface area contributed by atoms with Gasteiger partial charge in [0.15, 0.2) is 11.5 Å². The molecule has 0 fully saturated rings. The monoisotopic (exact) mass is 299 g/mol. The molecular weight excluding hydrogens is 282 g/mol. The van der Waals surface area contributed by atoms with E-state index in [1.165, 1.54) is 6.20 Å². The number of carbonyl (C=O) groups is 1. The van der Waals surface area contributed by atoms with Gasteiger partial charge in [-0.05, 0) is 24.3 Å². The fourth-order valence-corrected chi connectivity index (χ4v) is 2.16. The van der Waals surface area contributed by atoms with Crippen molar-refractivity contribution < 1.29 is 14.3 Å². The summed E-state index contributed by atoms with van der Waals surface area (Å²) in [7, 11) is 0. The molecule has 1 amide bonds. The topological polar surface area (TPSA) is 86.5 Å². The van der Waals surface area contributed by atoms with Gasteiger partial charge in [0.05, 0.1) is 24.8 Å². The molecule has 6 heteroatoms. The zero-order valence-electron chi connectivity index (χ0n) is 12.0. The Kier molecular flexibility index (Phi) is 4.09. The molecule has 0 bridgehead atoms. The second-order valence-electron chi connectivity index (χ2n) is 5.06. The molecule has 3 N–H and O–H groups in total. The number of hydrogen-bond donors (Lipinski definition) is 2. The first-order valence-electron chi connectivity index (χ1n) is 7.06. The maximum atomic E-state index is 11.9. The minimum Gasteiger partial charge on any atom is -0.486 e. The second kappa shape index (κ2) is 6.34. The van der Waals surface area contributed by atoms with Crippen molar-refractivity contribution in [2.45, 2.75) is 12.5 Å². The first-order chi connectivity index (χ1) is 10.7. The molecule has 2 heterocycles. The number of ether oxygens (including phenoxy) is 2. The van der Waals surface area contributed by atoms with Gasteiger partial charge in [-0.3, -0.25) is 9.78 Å². The summed E-state index contributed by atoms with van der Waals surface area (Å²) < 4.78 is 11.4. The van der Waals surface area contributed by atoms with Crippen LogP contribution in [0.2, 0.25) is 0 Å². The first kappa shape index (κ1) is 14.2. The van der Waals surface area contributed by atoms with Crippen molar-refractivity contribution in [3.8, 4) is 11.5 Å². The SMILES string of the molecule is Nc1ccc(CC(=O)NCC2COc3ccccc3O2)nc1. The number of benzene rings is 1. The number of pyridine rings is 1. The molecule has 1 atom stereocenters. The number of anilines is 1. The number of fused-ring (bicyclic) bond motifs is 1. The number of para-hydroxylation sites is 2. The Labute approximate surface area is 128 Å². The predicted molar refractivity (Wildman–Crippen MR) is 81.7 cm³/mol. The van der Waals surface area contributed by atoms with Gasteiger partial charge in [-0.25, -0.2) is 0 Å². The minimum absolute atomic E-state index is 0.111. The Balaban J connectivity index is 1.49. The van der Waals surface area contributed by atoms with Gasteiger partial charge in [0.2, 0.25) is 5.91 Å². The maximum Gasteiger partial charge on any atom is 0.226 e. The van der Waals surface area contributed by atoms with Gasteiger partial charge in [0.1, 0.15) is 12.7 Å². The Morgan fingerprint density at radius 2 is 2.09 bits per heavy atom. The molecule has 0 aliphatic carbocycles. The number of amides is 1. The third-order valence-electron chi connectivity index (χ3n) is 3.28. The van der Waals surface area contributed by atoms with Crippen molar-refractivity contribution in [3.05, 3.63) is 48.3 Å². The highest BCUT2D eigenvalue weighted by Gasteiger charge is 2.21. The standard InChI is InChI=1S/C16H17N3O3/c17-11-5-6-12(18-8-11)7-16(20)19-9-13-10-21-14-3-1-2-4-15(14)22-13/h1-6,8,13H,7,9-10,17H2,(H,19,20). The highest BCUT2D eigenvalue weighted by molar-refractivity contribution is 5.78. The number of rotatable bonds is 4. The van der Waals surface area contributed by atoms with Gasteiger partial charge in [0, 0.05) is 5.69 Å². The molecule has 0 saturated carbocycles. The summed E-state index contributed by atoms with van der Waals surface area (Å²) in [5.41, 5.74) is 6.82. The third kappa shape index (κ3) is 3.46. The van der Waals surface area contributed by atoms with E-state index in [4.69, 9.17) is 15.2 Å². The van der Waals surface area contributed by atoms with Crippen LogP contribution in [-0.4, -0.2) is 30.1 Å². The zero-order chi connectivity index (χ0) is 15.4. The van der Waals surface area contributed by atoms with Crippen LogP contribution in [0.3, 0.4) is 0 Å². The zero-order valence-corrected chi connectivity index (χ0v) is 12.0. The highest BCUT2D eigenvalue weighted by atomic mass is 16.6. The molecule has 114 valence electrons. The number of nitrogen functional groups attached to an aromatic ring is 1. The molecule has 1 aromatic carbocycles. The molecule has 0 radical (unpaired) electrons. The van der Waals surface area contributed by atoms with E-state index < -0.39 is 0 Å². The van der Waals surface area contributed by atoms with Gasteiger partial charge < -0.3 is 20.5 Å². The number of nitrogens with one attached hydrogen (secondary N) is 1. The molecule has 1 unspecified atom stereocenters. The number of hydrogen-bond acceptors (Lipinski definition) is 5. The lowest BCUT2D eigenvalue weighted by molar-refractivity contribution is -0.121. The third-order valence-corrected chi connectivity index (χ3v) is 3.28. The van der Waals surface area contributed by atoms with E-state index >= 15 is 0 Å². The van der Waals surface area contributed by atoms with Crippen molar-refractivity contribution in [2.24, 2.45) is 0 Å². The summed E-state index contributed by atoms with van der Waals surface area (Å²) in [5, 5.41) is 2.83. The second-order valence-corrected chi connectivity index (χ2v) is 5.06. The van der Waals surface area contributed by atoms with Crippen LogP contribution in [0.5, 0.6) is 11.5 Å². The summed E-state index contributed by atoms with van der Waals surface area (Å²) >= 11 is 0. The molecule has 6 nitrogen and oxygen atoms in total. The van der Waals surface area contributed by atoms with Crippen LogP contribution in [0, 0.1) is 0 Å². The van der Waals surface area contributed by atoms with Crippen molar-refractivity contribution in [2.75, 3.05) is 18.9 Å². The smallest absolute Gasteiger partial charge is 0.226 e. The lowest BCUT2D eigenvalue weighted by Gasteiger charge is -2.26. The summed E-state index contributed by atoms with van der Waals surface area (Å²) in [4.78, 5) is 16.0. The van der Waals surface area contributed by atoms with Gasteiger partial charge in [-0.2, -0.15) is 0 Å². The summed E-state index contributed by atoms with van der Waals surface area (Å²) in [6.07, 6.45) is 1.56. The Morgan fingerprint density at radius 1 is 1.27 bits per heavy atom. The quantitative estimate of drug-likeness (QED) is 0.885. The average Bonchev–Trinajstić information content (AvgIpc) is 2.55. The molecule has 0 saturated heterocycles. The van der Waals surface area contributed by atoms with E-state index in [0.717, 1.165) is 5.75 Å².